The number of aryl methyl sites for hydroxylation is 2. The summed E-state index contributed by atoms with van der Waals surface area (Å²) in [5.41, 5.74) is 1.93. The first-order chi connectivity index (χ1) is 9.11. The molecule has 0 bridgehead atoms. The maximum atomic E-state index is 11.9. The Labute approximate surface area is 110 Å². The highest BCUT2D eigenvalue weighted by Gasteiger charge is 2.13. The monoisotopic (exact) mass is 261 g/mol. The van der Waals surface area contributed by atoms with Gasteiger partial charge in [0, 0.05) is 18.5 Å². The van der Waals surface area contributed by atoms with Crippen LogP contribution in [-0.4, -0.2) is 21.2 Å². The van der Waals surface area contributed by atoms with Crippen molar-refractivity contribution in [3.8, 4) is 5.75 Å². The molecule has 2 aromatic heterocycles. The summed E-state index contributed by atoms with van der Waals surface area (Å²) in [6, 6.07) is 2.88. The Hall–Kier alpha value is -2.37. The van der Waals surface area contributed by atoms with E-state index >= 15 is 0 Å². The number of aromatic nitrogens is 2. The Kier molecular flexibility index (Phi) is 3.79. The predicted molar refractivity (Wildman–Crippen MR) is 67.7 cm³/mol. The predicted octanol–water partition coefficient (Wildman–Crippen LogP) is 1.58. The maximum absolute atomic E-state index is 11.9. The van der Waals surface area contributed by atoms with Crippen molar-refractivity contribution in [3.05, 3.63) is 41.0 Å². The highest BCUT2D eigenvalue weighted by atomic mass is 16.5. The van der Waals surface area contributed by atoms with Crippen molar-refractivity contribution in [2.45, 2.75) is 26.8 Å². The van der Waals surface area contributed by atoms with Crippen LogP contribution < -0.4 is 5.32 Å². The van der Waals surface area contributed by atoms with Crippen molar-refractivity contribution in [2.24, 2.45) is 0 Å². The third-order valence-electron chi connectivity index (χ3n) is 2.79. The largest absolute Gasteiger partial charge is 0.506 e. The van der Waals surface area contributed by atoms with Gasteiger partial charge < -0.3 is 14.9 Å². The van der Waals surface area contributed by atoms with E-state index in [0.717, 1.165) is 23.4 Å². The summed E-state index contributed by atoms with van der Waals surface area (Å²) >= 11 is 0. The van der Waals surface area contributed by atoms with E-state index in [9.17, 15) is 4.79 Å². The minimum Gasteiger partial charge on any atom is -0.506 e. The summed E-state index contributed by atoms with van der Waals surface area (Å²) in [4.78, 5) is 15.7. The first kappa shape index (κ1) is 13.1. The Morgan fingerprint density at radius 3 is 2.89 bits per heavy atom. The summed E-state index contributed by atoms with van der Waals surface area (Å²) in [6.07, 6.45) is 1.96. The van der Waals surface area contributed by atoms with Gasteiger partial charge in [0.05, 0.1) is 11.9 Å². The molecule has 100 valence electrons. The van der Waals surface area contributed by atoms with Crippen LogP contribution >= 0.6 is 0 Å². The second kappa shape index (κ2) is 5.51. The number of nitrogens with zero attached hydrogens (tertiary/aromatic N) is 2. The quantitative estimate of drug-likeness (QED) is 0.872. The van der Waals surface area contributed by atoms with Crippen molar-refractivity contribution >= 4 is 5.91 Å². The summed E-state index contributed by atoms with van der Waals surface area (Å²) in [7, 11) is 0. The first-order valence-electron chi connectivity index (χ1n) is 5.99. The van der Waals surface area contributed by atoms with Crippen LogP contribution in [0.1, 0.15) is 34.4 Å². The molecule has 0 aliphatic carbocycles. The van der Waals surface area contributed by atoms with E-state index in [2.05, 4.69) is 15.5 Å². The molecular weight excluding hydrogens is 246 g/mol. The van der Waals surface area contributed by atoms with Crippen molar-refractivity contribution in [1.29, 1.82) is 0 Å². The molecule has 0 saturated heterocycles. The van der Waals surface area contributed by atoms with E-state index in [1.807, 2.05) is 13.8 Å². The molecule has 1 amide bonds. The van der Waals surface area contributed by atoms with Gasteiger partial charge in [-0.2, -0.15) is 0 Å². The Morgan fingerprint density at radius 1 is 1.47 bits per heavy atom. The molecule has 2 aromatic rings. The molecule has 6 nitrogen and oxygen atoms in total. The van der Waals surface area contributed by atoms with Crippen LogP contribution in [0.5, 0.6) is 5.75 Å². The number of aromatic hydroxyl groups is 1. The van der Waals surface area contributed by atoms with Crippen LogP contribution in [0.4, 0.5) is 0 Å². The highest BCUT2D eigenvalue weighted by Crippen LogP contribution is 2.14. The molecule has 2 N–H and O–H groups in total. The van der Waals surface area contributed by atoms with E-state index in [1.165, 1.54) is 18.3 Å². The summed E-state index contributed by atoms with van der Waals surface area (Å²) in [5.74, 6) is 0.499. The van der Waals surface area contributed by atoms with Crippen molar-refractivity contribution in [1.82, 2.24) is 15.5 Å². The molecule has 2 heterocycles. The standard InChI is InChI=1S/C13H15N3O3/c1-3-12-10(8(2)16-19-12)7-15-13(18)11-5-4-9(17)6-14-11/h4-6,17H,3,7H2,1-2H3,(H,15,18). The van der Waals surface area contributed by atoms with Crippen LogP contribution in [0.15, 0.2) is 22.9 Å². The fraction of sp³-hybridized carbons (Fsp3) is 0.308. The van der Waals surface area contributed by atoms with Crippen molar-refractivity contribution in [3.63, 3.8) is 0 Å². The summed E-state index contributed by atoms with van der Waals surface area (Å²) < 4.78 is 5.15. The topological polar surface area (TPSA) is 88.2 Å². The zero-order chi connectivity index (χ0) is 13.8. The van der Waals surface area contributed by atoms with Gasteiger partial charge in [0.2, 0.25) is 0 Å². The van der Waals surface area contributed by atoms with Gasteiger partial charge in [-0.15, -0.1) is 0 Å². The minimum atomic E-state index is -0.303. The number of carbonyl (C=O) groups excluding carboxylic acids is 1. The Morgan fingerprint density at radius 2 is 2.26 bits per heavy atom. The molecule has 19 heavy (non-hydrogen) atoms. The zero-order valence-corrected chi connectivity index (χ0v) is 10.8. The highest BCUT2D eigenvalue weighted by molar-refractivity contribution is 5.92. The lowest BCUT2D eigenvalue weighted by molar-refractivity contribution is 0.0945. The molecule has 0 aromatic carbocycles. The molecule has 0 radical (unpaired) electrons. The SMILES string of the molecule is CCc1onc(C)c1CNC(=O)c1ccc(O)cn1. The normalized spacial score (nSPS) is 10.4. The van der Waals surface area contributed by atoms with Gasteiger partial charge in [0.1, 0.15) is 17.2 Å². The third-order valence-corrected chi connectivity index (χ3v) is 2.79. The molecule has 6 heteroatoms. The van der Waals surface area contributed by atoms with Gasteiger partial charge in [0.15, 0.2) is 0 Å². The molecular formula is C13H15N3O3. The second-order valence-electron chi connectivity index (χ2n) is 4.11. The van der Waals surface area contributed by atoms with E-state index in [0.29, 0.717) is 6.54 Å². The smallest absolute Gasteiger partial charge is 0.270 e. The van der Waals surface area contributed by atoms with E-state index in [-0.39, 0.29) is 17.4 Å². The molecule has 2 rings (SSSR count). The number of carbonyl (C=O) groups is 1. The average molecular weight is 261 g/mol. The molecule has 0 spiro atoms. The van der Waals surface area contributed by atoms with Gasteiger partial charge in [-0.1, -0.05) is 12.1 Å². The zero-order valence-electron chi connectivity index (χ0n) is 10.8. The molecule has 0 saturated carbocycles. The average Bonchev–Trinajstić information content (AvgIpc) is 2.77. The lowest BCUT2D eigenvalue weighted by atomic mass is 10.1. The fourth-order valence-electron chi connectivity index (χ4n) is 1.72. The lowest BCUT2D eigenvalue weighted by Gasteiger charge is -2.04. The van der Waals surface area contributed by atoms with Crippen molar-refractivity contribution < 1.29 is 14.4 Å². The van der Waals surface area contributed by atoms with Gasteiger partial charge in [-0.3, -0.25) is 4.79 Å². The van der Waals surface area contributed by atoms with E-state index in [1.54, 1.807) is 0 Å². The number of nitrogens with one attached hydrogen (secondary N) is 1. The molecule has 0 aliphatic rings. The first-order valence-corrected chi connectivity index (χ1v) is 5.99. The number of amides is 1. The Bertz CT molecular complexity index is 575. The number of hydrogen-bond donors (Lipinski definition) is 2. The van der Waals surface area contributed by atoms with Gasteiger partial charge in [-0.05, 0) is 19.1 Å². The van der Waals surface area contributed by atoms with Crippen LogP contribution in [0, 0.1) is 6.92 Å². The maximum Gasteiger partial charge on any atom is 0.270 e. The number of rotatable bonds is 4. The van der Waals surface area contributed by atoms with Crippen LogP contribution in [0.25, 0.3) is 0 Å². The van der Waals surface area contributed by atoms with Gasteiger partial charge >= 0.3 is 0 Å². The fourth-order valence-corrected chi connectivity index (χ4v) is 1.72. The van der Waals surface area contributed by atoms with Gasteiger partial charge in [0.25, 0.3) is 5.91 Å². The van der Waals surface area contributed by atoms with E-state index in [4.69, 9.17) is 9.63 Å². The molecule has 0 fully saturated rings. The molecule has 0 atom stereocenters. The Balaban J connectivity index is 2.04. The molecule has 0 unspecified atom stereocenters. The molecule has 0 aliphatic heterocycles. The number of hydrogen-bond acceptors (Lipinski definition) is 5. The van der Waals surface area contributed by atoms with Gasteiger partial charge in [-0.25, -0.2) is 4.98 Å². The minimum absolute atomic E-state index is 0.0275. The summed E-state index contributed by atoms with van der Waals surface area (Å²) in [5, 5.41) is 15.7. The van der Waals surface area contributed by atoms with Crippen molar-refractivity contribution in [2.75, 3.05) is 0 Å². The van der Waals surface area contributed by atoms with Crippen LogP contribution in [0.2, 0.25) is 0 Å². The second-order valence-corrected chi connectivity index (χ2v) is 4.11. The van der Waals surface area contributed by atoms with Crippen LogP contribution in [-0.2, 0) is 13.0 Å². The van der Waals surface area contributed by atoms with E-state index < -0.39 is 0 Å². The lowest BCUT2D eigenvalue weighted by Crippen LogP contribution is -2.24. The number of pyridine rings is 1. The third kappa shape index (κ3) is 2.90. The summed E-state index contributed by atoms with van der Waals surface area (Å²) in [6.45, 7) is 4.15. The van der Waals surface area contributed by atoms with Crippen LogP contribution in [0.3, 0.4) is 0 Å².